The highest BCUT2D eigenvalue weighted by atomic mass is 16.4. The topological polar surface area (TPSA) is 146 Å². The second-order valence-electron chi connectivity index (χ2n) is 8.52. The van der Waals surface area contributed by atoms with Crippen LogP contribution < -0.4 is 15.5 Å². The molecule has 0 aromatic heterocycles. The van der Waals surface area contributed by atoms with Crippen molar-refractivity contribution in [2.75, 3.05) is 62.6 Å². The number of amides is 3. The van der Waals surface area contributed by atoms with Crippen molar-refractivity contribution < 1.29 is 29.7 Å². The largest absolute Gasteiger partial charge is 0.511 e. The Hall–Kier alpha value is -3.31. The molecule has 5 N–H and O–H groups in total. The van der Waals surface area contributed by atoms with E-state index in [0.29, 0.717) is 18.7 Å². The van der Waals surface area contributed by atoms with Gasteiger partial charge in [0.25, 0.3) is 11.8 Å². The molecule has 3 amide bonds. The number of nitrogens with one attached hydrogen (secondary N) is 2. The van der Waals surface area contributed by atoms with Crippen molar-refractivity contribution in [1.29, 1.82) is 0 Å². The van der Waals surface area contributed by atoms with Gasteiger partial charge in [-0.2, -0.15) is 0 Å². The van der Waals surface area contributed by atoms with E-state index in [9.17, 15) is 24.6 Å². The van der Waals surface area contributed by atoms with E-state index in [2.05, 4.69) is 20.4 Å². The number of carbonyl (C=O) groups excluding carboxylic acids is 2. The molecule has 2 saturated heterocycles. The van der Waals surface area contributed by atoms with Crippen LogP contribution in [0.15, 0.2) is 35.6 Å². The van der Waals surface area contributed by atoms with Crippen LogP contribution in [0.5, 0.6) is 0 Å². The maximum absolute atomic E-state index is 12.8. The smallest absolute Gasteiger partial charge is 0.407 e. The Morgan fingerprint density at radius 1 is 1.09 bits per heavy atom. The molecule has 11 nitrogen and oxygen atoms in total. The second-order valence-corrected chi connectivity index (χ2v) is 8.52. The van der Waals surface area contributed by atoms with Gasteiger partial charge in [-0.25, -0.2) is 4.79 Å². The number of β-amino-alcohol motifs (C(OH)–C–C–N with tert-alkyl or cyclic N) is 1. The van der Waals surface area contributed by atoms with Crippen LogP contribution in [0.1, 0.15) is 6.42 Å². The maximum atomic E-state index is 12.8. The van der Waals surface area contributed by atoms with Gasteiger partial charge in [0.2, 0.25) is 0 Å². The molecule has 3 aliphatic rings. The standard InChI is InChI=1S/C22H29N5O6/c28-12-11-25-7-9-26(10-8-25)15-3-1-14(2-4-15)23-20(30)18-19(29)16-13-27(22(32)33)6-5-17(16)24-21(18)31/h1-4,16-17,28-29H,5-13H2,(H,23,30)(H,24,31)(H,32,33). The quantitative estimate of drug-likeness (QED) is 0.388. The van der Waals surface area contributed by atoms with Crippen molar-refractivity contribution in [3.8, 4) is 0 Å². The third-order valence-electron chi connectivity index (χ3n) is 6.54. The van der Waals surface area contributed by atoms with Crippen molar-refractivity contribution in [3.05, 3.63) is 35.6 Å². The van der Waals surface area contributed by atoms with E-state index in [4.69, 9.17) is 5.11 Å². The molecule has 2 atom stereocenters. The minimum Gasteiger partial charge on any atom is -0.511 e. The van der Waals surface area contributed by atoms with Gasteiger partial charge in [-0.15, -0.1) is 0 Å². The van der Waals surface area contributed by atoms with Crippen molar-refractivity contribution in [3.63, 3.8) is 0 Å². The number of piperidine rings is 1. The lowest BCUT2D eigenvalue weighted by Crippen LogP contribution is -2.56. The lowest BCUT2D eigenvalue weighted by atomic mass is 9.85. The van der Waals surface area contributed by atoms with Crippen molar-refractivity contribution in [2.24, 2.45) is 5.92 Å². The van der Waals surface area contributed by atoms with Gasteiger partial charge in [-0.3, -0.25) is 14.5 Å². The summed E-state index contributed by atoms with van der Waals surface area (Å²) in [6.45, 7) is 4.50. The molecule has 178 valence electrons. The van der Waals surface area contributed by atoms with Gasteiger partial charge in [-0.1, -0.05) is 0 Å². The van der Waals surface area contributed by atoms with Crippen LogP contribution in [0.4, 0.5) is 16.2 Å². The summed E-state index contributed by atoms with van der Waals surface area (Å²) in [5.74, 6) is -2.42. The molecule has 0 bridgehead atoms. The van der Waals surface area contributed by atoms with E-state index in [-0.39, 0.29) is 31.0 Å². The average molecular weight is 460 g/mol. The fourth-order valence-electron chi connectivity index (χ4n) is 4.66. The number of hydrogen-bond acceptors (Lipinski definition) is 7. The molecular formula is C22H29N5O6. The monoisotopic (exact) mass is 459 g/mol. The van der Waals surface area contributed by atoms with Crippen LogP contribution in [0, 0.1) is 5.92 Å². The Kier molecular flexibility index (Phi) is 6.70. The number of piperazine rings is 1. The Balaban J connectivity index is 1.42. The molecule has 33 heavy (non-hydrogen) atoms. The number of likely N-dealkylation sites (tertiary alicyclic amines) is 1. The first-order valence-corrected chi connectivity index (χ1v) is 11.1. The van der Waals surface area contributed by atoms with Crippen LogP contribution in [-0.2, 0) is 9.59 Å². The third kappa shape index (κ3) is 4.88. The predicted molar refractivity (Wildman–Crippen MR) is 120 cm³/mol. The van der Waals surface area contributed by atoms with E-state index < -0.39 is 29.9 Å². The molecule has 3 aliphatic heterocycles. The van der Waals surface area contributed by atoms with Gasteiger partial charge < -0.3 is 35.8 Å². The highest BCUT2D eigenvalue weighted by Gasteiger charge is 2.42. The van der Waals surface area contributed by atoms with Crippen molar-refractivity contribution >= 4 is 29.3 Å². The van der Waals surface area contributed by atoms with Crippen LogP contribution in [-0.4, -0.2) is 101 Å². The SMILES string of the molecule is O=C(Nc1ccc(N2CCN(CCO)CC2)cc1)C1=C(O)C2CN(C(=O)O)CCC2NC1=O. The van der Waals surface area contributed by atoms with Crippen molar-refractivity contribution in [1.82, 2.24) is 15.1 Å². The lowest BCUT2D eigenvalue weighted by Gasteiger charge is -2.40. The number of fused-ring (bicyclic) bond motifs is 1. The number of rotatable bonds is 5. The van der Waals surface area contributed by atoms with Gasteiger partial charge in [0.1, 0.15) is 11.3 Å². The lowest BCUT2D eigenvalue weighted by molar-refractivity contribution is -0.124. The normalized spacial score (nSPS) is 23.7. The predicted octanol–water partition coefficient (Wildman–Crippen LogP) is 0.0498. The molecule has 3 heterocycles. The zero-order valence-electron chi connectivity index (χ0n) is 18.2. The summed E-state index contributed by atoms with van der Waals surface area (Å²) in [6, 6.07) is 6.84. The fraction of sp³-hybridized carbons (Fsp3) is 0.500. The van der Waals surface area contributed by atoms with E-state index >= 15 is 0 Å². The Bertz CT molecular complexity index is 941. The number of aliphatic hydroxyl groups excluding tert-OH is 2. The molecule has 11 heteroatoms. The summed E-state index contributed by atoms with van der Waals surface area (Å²) in [7, 11) is 0. The van der Waals surface area contributed by atoms with Crippen molar-refractivity contribution in [2.45, 2.75) is 12.5 Å². The summed E-state index contributed by atoms with van der Waals surface area (Å²) in [5, 5.41) is 34.3. The van der Waals surface area contributed by atoms with Crippen LogP contribution >= 0.6 is 0 Å². The minimum absolute atomic E-state index is 0.0170. The molecule has 4 rings (SSSR count). The van der Waals surface area contributed by atoms with Crippen LogP contribution in [0.3, 0.4) is 0 Å². The van der Waals surface area contributed by atoms with Gasteiger partial charge in [0, 0.05) is 63.2 Å². The molecular weight excluding hydrogens is 430 g/mol. The highest BCUT2D eigenvalue weighted by Crippen LogP contribution is 2.30. The Morgan fingerprint density at radius 2 is 1.79 bits per heavy atom. The summed E-state index contributed by atoms with van der Waals surface area (Å²) < 4.78 is 0. The number of benzene rings is 1. The third-order valence-corrected chi connectivity index (χ3v) is 6.54. The van der Waals surface area contributed by atoms with Crippen LogP contribution in [0.2, 0.25) is 0 Å². The van der Waals surface area contributed by atoms with E-state index in [0.717, 1.165) is 31.9 Å². The van der Waals surface area contributed by atoms with E-state index in [1.807, 2.05) is 12.1 Å². The number of aliphatic hydroxyl groups is 2. The summed E-state index contributed by atoms with van der Waals surface area (Å²) >= 11 is 0. The Morgan fingerprint density at radius 3 is 2.42 bits per heavy atom. The first-order chi connectivity index (χ1) is 15.9. The summed E-state index contributed by atoms with van der Waals surface area (Å²) in [5.41, 5.74) is 1.11. The fourth-order valence-corrected chi connectivity index (χ4v) is 4.66. The highest BCUT2D eigenvalue weighted by molar-refractivity contribution is 6.23. The first-order valence-electron chi connectivity index (χ1n) is 11.1. The second kappa shape index (κ2) is 9.67. The molecule has 0 radical (unpaired) electrons. The average Bonchev–Trinajstić information content (AvgIpc) is 2.80. The minimum atomic E-state index is -1.10. The molecule has 2 unspecified atom stereocenters. The maximum Gasteiger partial charge on any atom is 0.407 e. The first kappa shape index (κ1) is 22.9. The molecule has 2 fully saturated rings. The number of nitrogens with zero attached hydrogens (tertiary/aromatic N) is 3. The van der Waals surface area contributed by atoms with E-state index in [1.54, 1.807) is 12.1 Å². The Labute approximate surface area is 191 Å². The van der Waals surface area contributed by atoms with Gasteiger partial charge in [-0.05, 0) is 30.7 Å². The summed E-state index contributed by atoms with van der Waals surface area (Å²) in [6.07, 6.45) is -0.726. The number of carbonyl (C=O) groups is 3. The number of carboxylic acid groups (broad SMARTS) is 1. The summed E-state index contributed by atoms with van der Waals surface area (Å²) in [4.78, 5) is 42.2. The number of hydrogen-bond donors (Lipinski definition) is 5. The number of anilines is 2. The van der Waals surface area contributed by atoms with Gasteiger partial charge >= 0.3 is 6.09 Å². The van der Waals surface area contributed by atoms with Crippen LogP contribution in [0.25, 0.3) is 0 Å². The molecule has 1 aromatic carbocycles. The molecule has 0 aliphatic carbocycles. The van der Waals surface area contributed by atoms with Gasteiger partial charge in [0.15, 0.2) is 0 Å². The van der Waals surface area contributed by atoms with Gasteiger partial charge in [0.05, 0.1) is 12.5 Å². The molecule has 1 aromatic rings. The molecule has 0 spiro atoms. The van der Waals surface area contributed by atoms with E-state index in [1.165, 1.54) is 4.90 Å². The zero-order chi connectivity index (χ0) is 23.5. The molecule has 0 saturated carbocycles. The zero-order valence-corrected chi connectivity index (χ0v) is 18.2.